The number of amides is 2. The van der Waals surface area contributed by atoms with Gasteiger partial charge in [0, 0.05) is 26.1 Å². The summed E-state index contributed by atoms with van der Waals surface area (Å²) in [4.78, 5) is 38.7. The summed E-state index contributed by atoms with van der Waals surface area (Å²) in [6.07, 6.45) is 0.132. The van der Waals surface area contributed by atoms with Crippen LogP contribution in [0.15, 0.2) is 23.0 Å². The minimum atomic E-state index is -1.01. The summed E-state index contributed by atoms with van der Waals surface area (Å²) in [5.41, 5.74) is 1.75. The molecular weight excluding hydrogens is 365 g/mol. The maximum Gasteiger partial charge on any atom is 0.329 e. The van der Waals surface area contributed by atoms with Gasteiger partial charge in [0.15, 0.2) is 0 Å². The van der Waals surface area contributed by atoms with Gasteiger partial charge in [-0.05, 0) is 32.0 Å². The third-order valence-electron chi connectivity index (χ3n) is 5.86. The van der Waals surface area contributed by atoms with Crippen LogP contribution in [-0.2, 0) is 16.6 Å². The Balaban J connectivity index is 1.79. The number of carbonyl (C=O) groups excluding carboxylic acids is 2. The highest BCUT2D eigenvalue weighted by atomic mass is 19.1. The summed E-state index contributed by atoms with van der Waals surface area (Å²) in [6.45, 7) is 0.908. The summed E-state index contributed by atoms with van der Waals surface area (Å²) < 4.78 is 17.4. The SMILES string of the molecule is CNC1CCN(c2cccc3c2n(C)c(=O)n3C2CCC(=O)NC2=O)CC1F. The molecule has 0 bridgehead atoms. The average molecular weight is 389 g/mol. The highest BCUT2D eigenvalue weighted by molar-refractivity contribution is 6.00. The lowest BCUT2D eigenvalue weighted by molar-refractivity contribution is -0.135. The third-order valence-corrected chi connectivity index (χ3v) is 5.86. The topological polar surface area (TPSA) is 88.4 Å². The number of para-hydroxylation sites is 1. The van der Waals surface area contributed by atoms with Crippen molar-refractivity contribution in [1.29, 1.82) is 0 Å². The van der Waals surface area contributed by atoms with E-state index in [1.807, 2.05) is 17.0 Å². The second-order valence-corrected chi connectivity index (χ2v) is 7.47. The number of halogens is 1. The van der Waals surface area contributed by atoms with Crippen LogP contribution < -0.4 is 21.2 Å². The van der Waals surface area contributed by atoms with Gasteiger partial charge in [0.05, 0.1) is 23.3 Å². The van der Waals surface area contributed by atoms with Crippen molar-refractivity contribution in [3.05, 3.63) is 28.7 Å². The molecule has 8 nitrogen and oxygen atoms in total. The number of imide groups is 1. The normalized spacial score (nSPS) is 26.0. The highest BCUT2D eigenvalue weighted by Crippen LogP contribution is 2.31. The molecule has 3 atom stereocenters. The first kappa shape index (κ1) is 18.7. The molecule has 4 rings (SSSR count). The molecule has 2 aromatic rings. The van der Waals surface area contributed by atoms with Crippen LogP contribution in [0.2, 0.25) is 0 Å². The number of piperidine rings is 2. The number of aryl methyl sites for hydroxylation is 1. The van der Waals surface area contributed by atoms with E-state index in [9.17, 15) is 18.8 Å². The molecule has 150 valence electrons. The number of rotatable bonds is 3. The summed E-state index contributed by atoms with van der Waals surface area (Å²) >= 11 is 0. The molecule has 0 saturated carbocycles. The number of aromatic nitrogens is 2. The van der Waals surface area contributed by atoms with Crippen molar-refractivity contribution < 1.29 is 14.0 Å². The maximum absolute atomic E-state index is 14.5. The molecule has 3 unspecified atom stereocenters. The van der Waals surface area contributed by atoms with Crippen molar-refractivity contribution in [2.45, 2.75) is 37.5 Å². The van der Waals surface area contributed by atoms with Gasteiger partial charge in [-0.3, -0.25) is 24.0 Å². The number of nitrogens with zero attached hydrogens (tertiary/aromatic N) is 3. The lowest BCUT2D eigenvalue weighted by Crippen LogP contribution is -2.50. The minimum absolute atomic E-state index is 0.174. The number of alkyl halides is 1. The zero-order chi connectivity index (χ0) is 20.0. The van der Waals surface area contributed by atoms with Gasteiger partial charge in [0.25, 0.3) is 0 Å². The minimum Gasteiger partial charge on any atom is -0.367 e. The maximum atomic E-state index is 14.5. The van der Waals surface area contributed by atoms with Gasteiger partial charge in [-0.2, -0.15) is 0 Å². The second-order valence-electron chi connectivity index (χ2n) is 7.47. The van der Waals surface area contributed by atoms with Gasteiger partial charge < -0.3 is 10.2 Å². The van der Waals surface area contributed by atoms with E-state index in [2.05, 4.69) is 10.6 Å². The fraction of sp³-hybridized carbons (Fsp3) is 0.526. The van der Waals surface area contributed by atoms with Crippen molar-refractivity contribution in [1.82, 2.24) is 19.8 Å². The molecule has 1 aromatic heterocycles. The molecule has 2 saturated heterocycles. The molecule has 9 heteroatoms. The number of fused-ring (bicyclic) bond motifs is 1. The number of carbonyl (C=O) groups is 2. The molecular formula is C19H24FN5O3. The number of benzene rings is 1. The third kappa shape index (κ3) is 2.90. The lowest BCUT2D eigenvalue weighted by Gasteiger charge is -2.36. The van der Waals surface area contributed by atoms with Crippen LogP contribution in [0.5, 0.6) is 0 Å². The predicted molar refractivity (Wildman–Crippen MR) is 103 cm³/mol. The van der Waals surface area contributed by atoms with Crippen LogP contribution >= 0.6 is 0 Å². The quantitative estimate of drug-likeness (QED) is 0.745. The van der Waals surface area contributed by atoms with Gasteiger partial charge in [-0.15, -0.1) is 0 Å². The van der Waals surface area contributed by atoms with E-state index < -0.39 is 18.1 Å². The largest absolute Gasteiger partial charge is 0.367 e. The van der Waals surface area contributed by atoms with E-state index in [0.29, 0.717) is 24.0 Å². The zero-order valence-corrected chi connectivity index (χ0v) is 15.9. The predicted octanol–water partition coefficient (Wildman–Crippen LogP) is 0.454. The van der Waals surface area contributed by atoms with Crippen molar-refractivity contribution in [3.63, 3.8) is 0 Å². The number of nitrogens with one attached hydrogen (secondary N) is 2. The molecule has 1 aromatic carbocycles. The van der Waals surface area contributed by atoms with Crippen molar-refractivity contribution >= 4 is 28.5 Å². The molecule has 28 heavy (non-hydrogen) atoms. The van der Waals surface area contributed by atoms with Crippen LogP contribution in [0.3, 0.4) is 0 Å². The van der Waals surface area contributed by atoms with E-state index in [1.165, 1.54) is 9.13 Å². The van der Waals surface area contributed by atoms with E-state index in [-0.39, 0.29) is 37.0 Å². The Labute approximate surface area is 161 Å². The fourth-order valence-corrected chi connectivity index (χ4v) is 4.35. The Morgan fingerprint density at radius 3 is 2.68 bits per heavy atom. The number of hydrogen-bond acceptors (Lipinski definition) is 5. The Kier molecular flexibility index (Phi) is 4.70. The van der Waals surface area contributed by atoms with Crippen LogP contribution in [0.1, 0.15) is 25.3 Å². The first-order chi connectivity index (χ1) is 13.4. The molecule has 2 aliphatic heterocycles. The standard InChI is InChI=1S/C19H24FN5O3/c1-21-12-8-9-24(10-11(12)20)13-4-3-5-14-17(13)23(2)19(28)25(14)15-6-7-16(26)22-18(15)27/h3-5,11-12,15,21H,6-10H2,1-2H3,(H,22,26,27). The zero-order valence-electron chi connectivity index (χ0n) is 15.9. The lowest BCUT2D eigenvalue weighted by atomic mass is 10.0. The first-order valence-corrected chi connectivity index (χ1v) is 9.52. The molecule has 0 radical (unpaired) electrons. The molecule has 2 aliphatic rings. The van der Waals surface area contributed by atoms with E-state index in [4.69, 9.17) is 0 Å². The van der Waals surface area contributed by atoms with E-state index in [0.717, 1.165) is 5.69 Å². The highest BCUT2D eigenvalue weighted by Gasteiger charge is 2.33. The van der Waals surface area contributed by atoms with Crippen LogP contribution in [0.4, 0.5) is 10.1 Å². The summed E-state index contributed by atoms with van der Waals surface area (Å²) in [7, 11) is 3.42. The Morgan fingerprint density at radius 2 is 2.00 bits per heavy atom. The van der Waals surface area contributed by atoms with Crippen LogP contribution in [-0.4, -0.2) is 53.3 Å². The molecule has 0 spiro atoms. The molecule has 2 amide bonds. The van der Waals surface area contributed by atoms with Gasteiger partial charge in [-0.25, -0.2) is 9.18 Å². The number of anilines is 1. The fourth-order valence-electron chi connectivity index (χ4n) is 4.35. The number of imidazole rings is 1. The summed E-state index contributed by atoms with van der Waals surface area (Å²) in [5.74, 6) is -0.786. The van der Waals surface area contributed by atoms with Crippen molar-refractivity contribution in [2.24, 2.45) is 7.05 Å². The van der Waals surface area contributed by atoms with E-state index >= 15 is 0 Å². The van der Waals surface area contributed by atoms with Crippen LogP contribution in [0, 0.1) is 0 Å². The monoisotopic (exact) mass is 389 g/mol. The van der Waals surface area contributed by atoms with Crippen molar-refractivity contribution in [2.75, 3.05) is 25.0 Å². The average Bonchev–Trinajstić information content (AvgIpc) is 2.93. The summed E-state index contributed by atoms with van der Waals surface area (Å²) in [6, 6.07) is 4.58. The molecule has 2 N–H and O–H groups in total. The van der Waals surface area contributed by atoms with Gasteiger partial charge >= 0.3 is 5.69 Å². The Morgan fingerprint density at radius 1 is 1.21 bits per heavy atom. The summed E-state index contributed by atoms with van der Waals surface area (Å²) in [5, 5.41) is 5.32. The smallest absolute Gasteiger partial charge is 0.329 e. The second kappa shape index (κ2) is 7.05. The van der Waals surface area contributed by atoms with Gasteiger partial charge in [0.2, 0.25) is 11.8 Å². The molecule has 2 fully saturated rings. The van der Waals surface area contributed by atoms with Gasteiger partial charge in [-0.1, -0.05) is 6.07 Å². The van der Waals surface area contributed by atoms with E-state index in [1.54, 1.807) is 20.2 Å². The molecule has 3 heterocycles. The van der Waals surface area contributed by atoms with Crippen molar-refractivity contribution in [3.8, 4) is 0 Å². The van der Waals surface area contributed by atoms with Gasteiger partial charge in [0.1, 0.15) is 12.2 Å². The van der Waals surface area contributed by atoms with Crippen LogP contribution in [0.25, 0.3) is 11.0 Å². The first-order valence-electron chi connectivity index (χ1n) is 9.52. The Hall–Kier alpha value is -2.68. The number of hydrogen-bond donors (Lipinski definition) is 2. The Bertz CT molecular complexity index is 997. The molecule has 0 aliphatic carbocycles.